The topological polar surface area (TPSA) is 122 Å². The molecule has 1 atom stereocenters. The molecule has 134 valence electrons. The highest BCUT2D eigenvalue weighted by molar-refractivity contribution is 5.77. The van der Waals surface area contributed by atoms with Gasteiger partial charge in [0.15, 0.2) is 0 Å². The number of nitrogens with two attached hydrogens (primary N) is 1. The molecule has 3 aromatic rings. The van der Waals surface area contributed by atoms with Crippen LogP contribution in [0.15, 0.2) is 46.4 Å². The zero-order valence-corrected chi connectivity index (χ0v) is 14.2. The number of methoxy groups -OCH3 is 1. The third-order valence-electron chi connectivity index (χ3n) is 4.07. The number of pyridine rings is 2. The fourth-order valence-corrected chi connectivity index (χ4v) is 2.65. The number of hydrogen-bond acceptors (Lipinski definition) is 7. The highest BCUT2D eigenvalue weighted by Crippen LogP contribution is 2.08. The summed E-state index contributed by atoms with van der Waals surface area (Å²) in [5, 5.41) is 0.362. The predicted molar refractivity (Wildman–Crippen MR) is 94.1 cm³/mol. The number of aromatic nitrogens is 4. The molecule has 0 saturated heterocycles. The van der Waals surface area contributed by atoms with Crippen LogP contribution in [0.2, 0.25) is 0 Å². The van der Waals surface area contributed by atoms with E-state index in [0.717, 1.165) is 4.57 Å². The Hall–Kier alpha value is -3.33. The maximum Gasteiger partial charge on any atom is 0.337 e. The van der Waals surface area contributed by atoms with E-state index in [2.05, 4.69) is 14.7 Å². The van der Waals surface area contributed by atoms with Crippen molar-refractivity contribution in [1.29, 1.82) is 0 Å². The second-order valence-corrected chi connectivity index (χ2v) is 5.73. The Morgan fingerprint density at radius 1 is 1.27 bits per heavy atom. The summed E-state index contributed by atoms with van der Waals surface area (Å²) < 4.78 is 6.92. The zero-order valence-electron chi connectivity index (χ0n) is 14.2. The standard InChI is InChI=1S/C17H17N5O4/c1-21-13-9-19-6-5-11(13)15(23)22(17(21)25)14-4-3-10(8-20-14)7-12(18)16(24)26-2/h3-6,8-9,12H,7,18H2,1-2H3. The molecule has 9 nitrogen and oxygen atoms in total. The molecule has 9 heteroatoms. The largest absolute Gasteiger partial charge is 0.468 e. The molecule has 0 amide bonds. The maximum absolute atomic E-state index is 12.7. The van der Waals surface area contributed by atoms with Crippen LogP contribution in [0, 0.1) is 0 Å². The summed E-state index contributed by atoms with van der Waals surface area (Å²) in [5.74, 6) is -0.341. The van der Waals surface area contributed by atoms with Crippen molar-refractivity contribution in [2.75, 3.05) is 7.11 Å². The Morgan fingerprint density at radius 2 is 2.04 bits per heavy atom. The van der Waals surface area contributed by atoms with Crippen molar-refractivity contribution in [3.05, 3.63) is 63.2 Å². The lowest BCUT2D eigenvalue weighted by Crippen LogP contribution is -2.38. The van der Waals surface area contributed by atoms with Gasteiger partial charge in [-0.05, 0) is 24.1 Å². The zero-order chi connectivity index (χ0) is 18.8. The van der Waals surface area contributed by atoms with Crippen molar-refractivity contribution in [3.8, 4) is 5.82 Å². The first kappa shape index (κ1) is 17.5. The van der Waals surface area contributed by atoms with E-state index < -0.39 is 23.3 Å². The SMILES string of the molecule is COC(=O)C(N)Cc1ccc(-n2c(=O)c3ccncc3n(C)c2=O)nc1. The van der Waals surface area contributed by atoms with E-state index in [1.807, 2.05) is 0 Å². The highest BCUT2D eigenvalue weighted by atomic mass is 16.5. The van der Waals surface area contributed by atoms with E-state index in [4.69, 9.17) is 5.73 Å². The minimum atomic E-state index is -0.809. The number of esters is 1. The Morgan fingerprint density at radius 3 is 2.69 bits per heavy atom. The first-order valence-corrected chi connectivity index (χ1v) is 7.78. The smallest absolute Gasteiger partial charge is 0.337 e. The second kappa shape index (κ2) is 6.89. The molecule has 3 heterocycles. The fraction of sp³-hybridized carbons (Fsp3) is 0.235. The van der Waals surface area contributed by atoms with Gasteiger partial charge in [-0.1, -0.05) is 6.07 Å². The van der Waals surface area contributed by atoms with Gasteiger partial charge in [-0.25, -0.2) is 14.3 Å². The third kappa shape index (κ3) is 3.00. The molecule has 0 bridgehead atoms. The lowest BCUT2D eigenvalue weighted by molar-refractivity contribution is -0.142. The molecule has 0 saturated carbocycles. The number of ether oxygens (including phenoxy) is 1. The molecule has 0 spiro atoms. The lowest BCUT2D eigenvalue weighted by atomic mass is 10.1. The first-order valence-electron chi connectivity index (χ1n) is 7.78. The van der Waals surface area contributed by atoms with Crippen molar-refractivity contribution in [1.82, 2.24) is 19.1 Å². The Balaban J connectivity index is 2.04. The van der Waals surface area contributed by atoms with Crippen molar-refractivity contribution in [2.24, 2.45) is 12.8 Å². The molecule has 0 radical (unpaired) electrons. The molecule has 0 aromatic carbocycles. The van der Waals surface area contributed by atoms with Gasteiger partial charge in [0.05, 0.1) is 24.2 Å². The van der Waals surface area contributed by atoms with Crippen molar-refractivity contribution in [3.63, 3.8) is 0 Å². The molecule has 0 aliphatic rings. The van der Waals surface area contributed by atoms with Crippen molar-refractivity contribution in [2.45, 2.75) is 12.5 Å². The predicted octanol–water partition coefficient (Wildman–Crippen LogP) is -0.478. The summed E-state index contributed by atoms with van der Waals surface area (Å²) >= 11 is 0. The Bertz CT molecular complexity index is 1080. The number of carbonyl (C=O) groups is 1. The molecule has 0 aliphatic heterocycles. The summed E-state index contributed by atoms with van der Waals surface area (Å²) in [6, 6.07) is 3.94. The van der Waals surface area contributed by atoms with Gasteiger partial charge in [-0.2, -0.15) is 0 Å². The van der Waals surface area contributed by atoms with Crippen molar-refractivity contribution >= 4 is 16.9 Å². The average molecular weight is 355 g/mol. The van der Waals surface area contributed by atoms with Crippen LogP contribution >= 0.6 is 0 Å². The second-order valence-electron chi connectivity index (χ2n) is 5.73. The molecule has 2 N–H and O–H groups in total. The molecule has 0 fully saturated rings. The van der Waals surface area contributed by atoms with Crippen LogP contribution < -0.4 is 17.0 Å². The van der Waals surface area contributed by atoms with E-state index >= 15 is 0 Å². The van der Waals surface area contributed by atoms with E-state index in [-0.39, 0.29) is 12.2 Å². The molecule has 1 unspecified atom stereocenters. The van der Waals surface area contributed by atoms with Crippen LogP contribution in [-0.4, -0.2) is 38.2 Å². The maximum atomic E-state index is 12.7. The average Bonchev–Trinajstić information content (AvgIpc) is 2.67. The van der Waals surface area contributed by atoms with E-state index in [1.165, 1.54) is 36.3 Å². The summed E-state index contributed by atoms with van der Waals surface area (Å²) in [6.07, 6.45) is 4.66. The molecule has 3 aromatic heterocycles. The van der Waals surface area contributed by atoms with Gasteiger partial charge in [0.25, 0.3) is 5.56 Å². The number of nitrogens with zero attached hydrogens (tertiary/aromatic N) is 4. The van der Waals surface area contributed by atoms with Gasteiger partial charge < -0.3 is 10.5 Å². The van der Waals surface area contributed by atoms with Crippen LogP contribution in [-0.2, 0) is 23.0 Å². The molecular weight excluding hydrogens is 338 g/mol. The van der Waals surface area contributed by atoms with Crippen LogP contribution in [0.5, 0.6) is 0 Å². The van der Waals surface area contributed by atoms with Gasteiger partial charge in [-0.15, -0.1) is 0 Å². The van der Waals surface area contributed by atoms with E-state index in [1.54, 1.807) is 19.2 Å². The third-order valence-corrected chi connectivity index (χ3v) is 4.07. The molecular formula is C17H17N5O4. The van der Waals surface area contributed by atoms with E-state index in [0.29, 0.717) is 16.5 Å². The van der Waals surface area contributed by atoms with Crippen LogP contribution in [0.3, 0.4) is 0 Å². The number of carbonyl (C=O) groups excluding carboxylic acids is 1. The Kier molecular flexibility index (Phi) is 4.63. The van der Waals surface area contributed by atoms with Crippen molar-refractivity contribution < 1.29 is 9.53 Å². The number of fused-ring (bicyclic) bond motifs is 1. The molecule has 3 rings (SSSR count). The van der Waals surface area contributed by atoms with Crippen LogP contribution in [0.25, 0.3) is 16.7 Å². The van der Waals surface area contributed by atoms with Gasteiger partial charge in [0.1, 0.15) is 11.9 Å². The summed E-state index contributed by atoms with van der Waals surface area (Å²) in [5.41, 5.74) is 5.85. The fourth-order valence-electron chi connectivity index (χ4n) is 2.65. The van der Waals surface area contributed by atoms with Gasteiger partial charge in [0, 0.05) is 19.4 Å². The van der Waals surface area contributed by atoms with Crippen LogP contribution in [0.4, 0.5) is 0 Å². The lowest BCUT2D eigenvalue weighted by Gasteiger charge is -2.11. The molecule has 0 aliphatic carbocycles. The summed E-state index contributed by atoms with van der Waals surface area (Å²) in [7, 11) is 2.83. The minimum Gasteiger partial charge on any atom is -0.468 e. The number of aryl methyl sites for hydroxylation is 1. The summed E-state index contributed by atoms with van der Waals surface area (Å²) in [6.45, 7) is 0. The minimum absolute atomic E-state index is 0.185. The number of hydrogen-bond donors (Lipinski definition) is 1. The highest BCUT2D eigenvalue weighted by Gasteiger charge is 2.16. The Labute approximate surface area is 147 Å². The van der Waals surface area contributed by atoms with E-state index in [9.17, 15) is 14.4 Å². The van der Waals surface area contributed by atoms with Gasteiger partial charge >= 0.3 is 11.7 Å². The first-order chi connectivity index (χ1) is 12.4. The number of rotatable bonds is 4. The monoisotopic (exact) mass is 355 g/mol. The normalized spacial score (nSPS) is 12.1. The summed E-state index contributed by atoms with van der Waals surface area (Å²) in [4.78, 5) is 44.8. The van der Waals surface area contributed by atoms with Gasteiger partial charge in [0.2, 0.25) is 0 Å². The quantitative estimate of drug-likeness (QED) is 0.627. The van der Waals surface area contributed by atoms with Gasteiger partial charge in [-0.3, -0.25) is 19.1 Å². The van der Waals surface area contributed by atoms with Crippen LogP contribution in [0.1, 0.15) is 5.56 Å². The molecule has 26 heavy (non-hydrogen) atoms.